The van der Waals surface area contributed by atoms with Gasteiger partial charge in [0, 0.05) is 26.5 Å². The van der Waals surface area contributed by atoms with Gasteiger partial charge in [-0.05, 0) is 29.0 Å². The lowest BCUT2D eigenvalue weighted by atomic mass is 10.5. The van der Waals surface area contributed by atoms with Crippen molar-refractivity contribution in [2.75, 3.05) is 26.9 Å². The molecule has 0 aliphatic heterocycles. The zero-order valence-electron chi connectivity index (χ0n) is 8.28. The predicted octanol–water partition coefficient (Wildman–Crippen LogP) is 1.54. The highest BCUT2D eigenvalue weighted by Crippen LogP contribution is 2.00. The van der Waals surface area contributed by atoms with E-state index in [1.54, 1.807) is 7.11 Å². The van der Waals surface area contributed by atoms with Gasteiger partial charge in [0.1, 0.15) is 0 Å². The zero-order valence-corrected chi connectivity index (χ0v) is 10.4. The number of ether oxygens (including phenoxy) is 2. The van der Waals surface area contributed by atoms with E-state index in [0.717, 1.165) is 29.7 Å². The Labute approximate surface area is 97.7 Å². The number of halogens is 1. The summed E-state index contributed by atoms with van der Waals surface area (Å²) in [5, 5.41) is 4.15. The number of hydrogen-bond acceptors (Lipinski definition) is 3. The maximum Gasteiger partial charge on any atom is 0.0662 e. The van der Waals surface area contributed by atoms with Crippen molar-refractivity contribution < 1.29 is 9.47 Å². The van der Waals surface area contributed by atoms with Crippen molar-refractivity contribution in [2.24, 2.45) is 0 Å². The zero-order chi connectivity index (χ0) is 10.2. The molecule has 5 heteroatoms. The van der Waals surface area contributed by atoms with Gasteiger partial charge in [-0.2, -0.15) is 5.10 Å². The summed E-state index contributed by atoms with van der Waals surface area (Å²) in [6, 6.07) is 0. The fourth-order valence-corrected chi connectivity index (χ4v) is 1.47. The summed E-state index contributed by atoms with van der Waals surface area (Å²) >= 11 is 2.24. The van der Waals surface area contributed by atoms with Crippen molar-refractivity contribution in [1.82, 2.24) is 9.78 Å². The standard InChI is InChI=1S/C9H15IN2O2/c1-13-4-2-5-14-6-3-12-8-9(10)7-11-12/h7-8H,2-6H2,1H3. The largest absolute Gasteiger partial charge is 0.385 e. The van der Waals surface area contributed by atoms with Gasteiger partial charge < -0.3 is 9.47 Å². The lowest BCUT2D eigenvalue weighted by Crippen LogP contribution is -2.08. The molecule has 0 aromatic carbocycles. The summed E-state index contributed by atoms with van der Waals surface area (Å²) in [5.41, 5.74) is 0. The van der Waals surface area contributed by atoms with Gasteiger partial charge in [0.15, 0.2) is 0 Å². The first kappa shape index (κ1) is 11.9. The van der Waals surface area contributed by atoms with Gasteiger partial charge in [-0.3, -0.25) is 4.68 Å². The van der Waals surface area contributed by atoms with Crippen LogP contribution in [-0.2, 0) is 16.0 Å². The van der Waals surface area contributed by atoms with E-state index in [4.69, 9.17) is 9.47 Å². The molecule has 0 N–H and O–H groups in total. The predicted molar refractivity (Wildman–Crippen MR) is 62.3 cm³/mol. The van der Waals surface area contributed by atoms with E-state index in [1.807, 2.05) is 17.1 Å². The molecule has 1 aromatic rings. The van der Waals surface area contributed by atoms with E-state index in [9.17, 15) is 0 Å². The van der Waals surface area contributed by atoms with Crippen molar-refractivity contribution in [3.05, 3.63) is 16.0 Å². The minimum Gasteiger partial charge on any atom is -0.385 e. The molecule has 4 nitrogen and oxygen atoms in total. The molecule has 0 aliphatic rings. The highest BCUT2D eigenvalue weighted by Gasteiger charge is 1.94. The third-order valence-electron chi connectivity index (χ3n) is 1.70. The van der Waals surface area contributed by atoms with E-state index < -0.39 is 0 Å². The van der Waals surface area contributed by atoms with Crippen LogP contribution in [0.4, 0.5) is 0 Å². The second kappa shape index (κ2) is 7.19. The summed E-state index contributed by atoms with van der Waals surface area (Å²) in [5.74, 6) is 0. The van der Waals surface area contributed by atoms with E-state index in [2.05, 4.69) is 27.7 Å². The third kappa shape index (κ3) is 4.92. The first-order chi connectivity index (χ1) is 6.83. The lowest BCUT2D eigenvalue weighted by molar-refractivity contribution is 0.0961. The SMILES string of the molecule is COCCCOCCn1cc(I)cn1. The molecule has 0 amide bonds. The van der Waals surface area contributed by atoms with E-state index in [0.29, 0.717) is 6.61 Å². The molecule has 0 spiro atoms. The minimum atomic E-state index is 0.710. The van der Waals surface area contributed by atoms with Crippen LogP contribution in [0.1, 0.15) is 6.42 Å². The van der Waals surface area contributed by atoms with Crippen LogP contribution >= 0.6 is 22.6 Å². The molecule has 0 saturated carbocycles. The molecule has 14 heavy (non-hydrogen) atoms. The first-order valence-electron chi connectivity index (χ1n) is 4.57. The second-order valence-electron chi connectivity index (χ2n) is 2.88. The number of rotatable bonds is 7. The van der Waals surface area contributed by atoms with Crippen LogP contribution in [0.5, 0.6) is 0 Å². The fourth-order valence-electron chi connectivity index (χ4n) is 1.03. The van der Waals surface area contributed by atoms with Crippen molar-refractivity contribution in [3.63, 3.8) is 0 Å². The van der Waals surface area contributed by atoms with Gasteiger partial charge in [0.2, 0.25) is 0 Å². The molecule has 0 fully saturated rings. The maximum atomic E-state index is 5.41. The van der Waals surface area contributed by atoms with Crippen LogP contribution < -0.4 is 0 Å². The quantitative estimate of drug-likeness (QED) is 0.566. The van der Waals surface area contributed by atoms with Crippen molar-refractivity contribution >= 4 is 22.6 Å². The third-order valence-corrected chi connectivity index (χ3v) is 2.26. The topological polar surface area (TPSA) is 36.3 Å². The Morgan fingerprint density at radius 3 is 2.93 bits per heavy atom. The molecule has 0 bridgehead atoms. The molecule has 0 radical (unpaired) electrons. The summed E-state index contributed by atoms with van der Waals surface area (Å²) in [7, 11) is 1.70. The molecular weight excluding hydrogens is 295 g/mol. The summed E-state index contributed by atoms with van der Waals surface area (Å²) < 4.78 is 13.4. The van der Waals surface area contributed by atoms with Gasteiger partial charge in [-0.1, -0.05) is 0 Å². The molecule has 1 heterocycles. The normalized spacial score (nSPS) is 10.7. The highest BCUT2D eigenvalue weighted by atomic mass is 127. The molecular formula is C9H15IN2O2. The van der Waals surface area contributed by atoms with Crippen LogP contribution in [0.2, 0.25) is 0 Å². The Morgan fingerprint density at radius 1 is 1.43 bits per heavy atom. The molecule has 0 atom stereocenters. The first-order valence-corrected chi connectivity index (χ1v) is 5.65. The second-order valence-corrected chi connectivity index (χ2v) is 4.13. The number of nitrogens with zero attached hydrogens (tertiary/aromatic N) is 2. The van der Waals surface area contributed by atoms with Gasteiger partial charge in [0.25, 0.3) is 0 Å². The molecule has 80 valence electrons. The summed E-state index contributed by atoms with van der Waals surface area (Å²) in [6.07, 6.45) is 4.79. The number of aromatic nitrogens is 2. The van der Waals surface area contributed by atoms with Crippen LogP contribution in [0, 0.1) is 3.57 Å². The van der Waals surface area contributed by atoms with E-state index in [-0.39, 0.29) is 0 Å². The molecule has 1 rings (SSSR count). The molecule has 0 saturated heterocycles. The summed E-state index contributed by atoms with van der Waals surface area (Å²) in [4.78, 5) is 0. The average molecular weight is 310 g/mol. The maximum absolute atomic E-state index is 5.41. The molecule has 1 aromatic heterocycles. The summed E-state index contributed by atoms with van der Waals surface area (Å²) in [6.45, 7) is 3.04. The van der Waals surface area contributed by atoms with Gasteiger partial charge in [0.05, 0.1) is 22.9 Å². The Bertz CT molecular complexity index is 253. The monoisotopic (exact) mass is 310 g/mol. The lowest BCUT2D eigenvalue weighted by Gasteiger charge is -2.03. The van der Waals surface area contributed by atoms with Crippen molar-refractivity contribution in [3.8, 4) is 0 Å². The number of methoxy groups -OCH3 is 1. The van der Waals surface area contributed by atoms with Crippen LogP contribution in [0.25, 0.3) is 0 Å². The Balaban J connectivity index is 1.99. The van der Waals surface area contributed by atoms with Crippen LogP contribution in [0.3, 0.4) is 0 Å². The fraction of sp³-hybridized carbons (Fsp3) is 0.667. The molecule has 0 aliphatic carbocycles. The van der Waals surface area contributed by atoms with Gasteiger partial charge in [-0.25, -0.2) is 0 Å². The Hall–Kier alpha value is -0.140. The van der Waals surface area contributed by atoms with E-state index in [1.165, 1.54) is 0 Å². The minimum absolute atomic E-state index is 0.710. The average Bonchev–Trinajstić information content (AvgIpc) is 2.58. The van der Waals surface area contributed by atoms with Gasteiger partial charge >= 0.3 is 0 Å². The molecule has 0 unspecified atom stereocenters. The smallest absolute Gasteiger partial charge is 0.0662 e. The van der Waals surface area contributed by atoms with Crippen molar-refractivity contribution in [1.29, 1.82) is 0 Å². The number of hydrogen-bond donors (Lipinski definition) is 0. The Morgan fingerprint density at radius 2 is 2.29 bits per heavy atom. The van der Waals surface area contributed by atoms with Crippen molar-refractivity contribution in [2.45, 2.75) is 13.0 Å². The highest BCUT2D eigenvalue weighted by molar-refractivity contribution is 14.1. The van der Waals surface area contributed by atoms with E-state index >= 15 is 0 Å². The van der Waals surface area contributed by atoms with Crippen LogP contribution in [-0.4, -0.2) is 36.7 Å². The van der Waals surface area contributed by atoms with Crippen LogP contribution in [0.15, 0.2) is 12.4 Å². The Kier molecular flexibility index (Phi) is 6.13. The van der Waals surface area contributed by atoms with Gasteiger partial charge in [-0.15, -0.1) is 0 Å².